The first kappa shape index (κ1) is 14.1. The van der Waals surface area contributed by atoms with E-state index in [0.29, 0.717) is 5.75 Å². The third-order valence-corrected chi connectivity index (χ3v) is 1.68. The SMILES string of the molecule is CCC(C)Oc1cc[c-]cc1F.[Zn+][Br]. The minimum atomic E-state index is -0.349. The van der Waals surface area contributed by atoms with Crippen LogP contribution < -0.4 is 4.74 Å². The van der Waals surface area contributed by atoms with E-state index >= 15 is 0 Å². The van der Waals surface area contributed by atoms with Crippen LogP contribution in [-0.2, 0) is 16.3 Å². The van der Waals surface area contributed by atoms with E-state index < -0.39 is 0 Å². The molecule has 14 heavy (non-hydrogen) atoms. The molecule has 0 fully saturated rings. The van der Waals surface area contributed by atoms with Gasteiger partial charge in [0, 0.05) is 11.6 Å². The first-order chi connectivity index (χ1) is 6.74. The van der Waals surface area contributed by atoms with E-state index in [9.17, 15) is 4.39 Å². The summed E-state index contributed by atoms with van der Waals surface area (Å²) in [7, 11) is 0. The monoisotopic (exact) mass is 310 g/mol. The molecular formula is C10H12BrFOZn. The Kier molecular flexibility index (Phi) is 8.40. The molecule has 0 saturated carbocycles. The summed E-state index contributed by atoms with van der Waals surface area (Å²) in [4.78, 5) is 0. The number of hydrogen-bond acceptors (Lipinski definition) is 1. The fourth-order valence-electron chi connectivity index (χ4n) is 0.791. The summed E-state index contributed by atoms with van der Waals surface area (Å²) in [6.07, 6.45) is 0.930. The number of ether oxygens (including phenoxy) is 1. The van der Waals surface area contributed by atoms with Crippen LogP contribution in [0, 0.1) is 11.9 Å². The Morgan fingerprint density at radius 2 is 2.29 bits per heavy atom. The van der Waals surface area contributed by atoms with Crippen molar-refractivity contribution in [1.82, 2.24) is 0 Å². The Labute approximate surface area is 101 Å². The van der Waals surface area contributed by atoms with Crippen LogP contribution in [0.2, 0.25) is 0 Å². The van der Waals surface area contributed by atoms with Gasteiger partial charge in [-0.25, -0.2) is 0 Å². The molecule has 1 unspecified atom stereocenters. The van der Waals surface area contributed by atoms with Crippen molar-refractivity contribution >= 4 is 13.6 Å². The van der Waals surface area contributed by atoms with Gasteiger partial charge in [-0.2, -0.15) is 12.1 Å². The Balaban J connectivity index is 0.000000791. The van der Waals surface area contributed by atoms with E-state index in [4.69, 9.17) is 4.74 Å². The molecule has 1 aromatic carbocycles. The van der Waals surface area contributed by atoms with Crippen LogP contribution in [0.1, 0.15) is 20.3 Å². The van der Waals surface area contributed by atoms with Gasteiger partial charge >= 0.3 is 30.0 Å². The van der Waals surface area contributed by atoms with E-state index in [0.717, 1.165) is 6.42 Å². The second-order valence-corrected chi connectivity index (χ2v) is 2.69. The van der Waals surface area contributed by atoms with Crippen LogP contribution in [0.15, 0.2) is 18.2 Å². The maximum atomic E-state index is 12.9. The van der Waals surface area contributed by atoms with Gasteiger partial charge in [0.2, 0.25) is 0 Å². The average Bonchev–Trinajstić information content (AvgIpc) is 2.24. The predicted octanol–water partition coefficient (Wildman–Crippen LogP) is 3.65. The molecule has 0 aliphatic rings. The summed E-state index contributed by atoms with van der Waals surface area (Å²) < 4.78 is 18.2. The van der Waals surface area contributed by atoms with Gasteiger partial charge in [-0.15, -0.1) is 12.1 Å². The molecule has 0 aliphatic carbocycles. The number of rotatable bonds is 3. The van der Waals surface area contributed by atoms with E-state index in [-0.39, 0.29) is 11.9 Å². The summed E-state index contributed by atoms with van der Waals surface area (Å²) >= 11 is 4.25. The van der Waals surface area contributed by atoms with Gasteiger partial charge in [-0.05, 0) is 13.3 Å². The van der Waals surface area contributed by atoms with Crippen LogP contribution in [0.5, 0.6) is 5.75 Å². The molecular weight excluding hydrogens is 300 g/mol. The van der Waals surface area contributed by atoms with Crippen molar-refractivity contribution in [2.45, 2.75) is 26.4 Å². The van der Waals surface area contributed by atoms with Gasteiger partial charge < -0.3 is 4.74 Å². The molecule has 0 aromatic heterocycles. The molecule has 74 valence electrons. The first-order valence-corrected chi connectivity index (χ1v) is 11.3. The topological polar surface area (TPSA) is 9.23 Å². The van der Waals surface area contributed by atoms with Crippen LogP contribution in [0.25, 0.3) is 0 Å². The van der Waals surface area contributed by atoms with Crippen molar-refractivity contribution in [3.8, 4) is 5.75 Å². The van der Waals surface area contributed by atoms with Gasteiger partial charge in [0.05, 0.1) is 6.10 Å². The Morgan fingerprint density at radius 3 is 2.79 bits per heavy atom. The van der Waals surface area contributed by atoms with Gasteiger partial charge in [0.1, 0.15) is 0 Å². The second-order valence-electron chi connectivity index (χ2n) is 2.69. The molecule has 0 bridgehead atoms. The van der Waals surface area contributed by atoms with Crippen molar-refractivity contribution in [1.29, 1.82) is 0 Å². The predicted molar refractivity (Wildman–Crippen MR) is 54.5 cm³/mol. The molecule has 1 rings (SSSR count). The third-order valence-electron chi connectivity index (χ3n) is 1.68. The third kappa shape index (κ3) is 5.06. The van der Waals surface area contributed by atoms with Crippen LogP contribution in [-0.4, -0.2) is 6.10 Å². The summed E-state index contributed by atoms with van der Waals surface area (Å²) in [5.74, 6) is -0.0408. The zero-order valence-corrected chi connectivity index (χ0v) is 12.9. The molecule has 0 aliphatic heterocycles. The van der Waals surface area contributed by atoms with Crippen molar-refractivity contribution in [3.63, 3.8) is 0 Å². The molecule has 0 heterocycles. The van der Waals surface area contributed by atoms with Crippen molar-refractivity contribution in [2.75, 3.05) is 0 Å². The molecule has 0 radical (unpaired) electrons. The van der Waals surface area contributed by atoms with E-state index in [1.54, 1.807) is 12.1 Å². The van der Waals surface area contributed by atoms with Gasteiger partial charge in [-0.3, -0.25) is 4.39 Å². The Morgan fingerprint density at radius 1 is 1.64 bits per heavy atom. The zero-order valence-electron chi connectivity index (χ0n) is 8.39. The summed E-state index contributed by atoms with van der Waals surface area (Å²) in [6, 6.07) is 7.14. The van der Waals surface area contributed by atoms with Gasteiger partial charge in [0.15, 0.2) is 0 Å². The molecule has 4 heteroatoms. The molecule has 0 N–H and O–H groups in total. The van der Waals surface area contributed by atoms with Gasteiger partial charge in [-0.1, -0.05) is 6.92 Å². The normalized spacial score (nSPS) is 11.3. The fourth-order valence-corrected chi connectivity index (χ4v) is 0.791. The maximum absolute atomic E-state index is 12.9. The molecule has 0 amide bonds. The Hall–Kier alpha value is 0.0534. The molecule has 0 saturated heterocycles. The van der Waals surface area contributed by atoms with Crippen LogP contribution in [0.4, 0.5) is 4.39 Å². The van der Waals surface area contributed by atoms with Crippen molar-refractivity contribution < 1.29 is 25.5 Å². The van der Waals surface area contributed by atoms with Crippen molar-refractivity contribution in [2.24, 2.45) is 0 Å². The van der Waals surface area contributed by atoms with Crippen LogP contribution >= 0.6 is 13.6 Å². The minimum absolute atomic E-state index is 0.0573. The van der Waals surface area contributed by atoms with Crippen LogP contribution in [0.3, 0.4) is 0 Å². The number of benzene rings is 1. The zero-order chi connectivity index (χ0) is 11.0. The molecule has 0 spiro atoms. The second kappa shape index (κ2) is 8.37. The standard InChI is InChI=1S/C10H12FO.BrH.Zn/c1-3-8(2)12-10-7-5-4-6-9(10)11;;/h5-8H,3H2,1-2H3;1H;/q-1;;+2/p-1. The summed E-state index contributed by atoms with van der Waals surface area (Å²) in [5, 5.41) is 0. The van der Waals surface area contributed by atoms with Gasteiger partial charge in [0.25, 0.3) is 0 Å². The van der Waals surface area contributed by atoms with E-state index in [2.05, 4.69) is 19.7 Å². The summed E-state index contributed by atoms with van der Waals surface area (Å²) in [5.41, 5.74) is 0. The fraction of sp³-hybridized carbons (Fsp3) is 0.400. The molecule has 1 nitrogen and oxygen atoms in total. The summed E-state index contributed by atoms with van der Waals surface area (Å²) in [6.45, 7) is 3.91. The quantitative estimate of drug-likeness (QED) is 0.611. The van der Waals surface area contributed by atoms with E-state index in [1.165, 1.54) is 22.4 Å². The number of hydrogen-bond donors (Lipinski definition) is 0. The number of halogens is 2. The molecule has 1 atom stereocenters. The molecule has 1 aromatic rings. The van der Waals surface area contributed by atoms with Crippen molar-refractivity contribution in [3.05, 3.63) is 30.1 Å². The Bertz CT molecular complexity index is 258. The average molecular weight is 312 g/mol. The first-order valence-electron chi connectivity index (χ1n) is 4.33. The van der Waals surface area contributed by atoms with E-state index in [1.807, 2.05) is 13.8 Å².